The van der Waals surface area contributed by atoms with E-state index in [1.54, 1.807) is 31.9 Å². The topological polar surface area (TPSA) is 106 Å². The maximum absolute atomic E-state index is 12.4. The van der Waals surface area contributed by atoms with Gasteiger partial charge in [0.15, 0.2) is 22.8 Å². The van der Waals surface area contributed by atoms with Gasteiger partial charge in [-0.05, 0) is 12.1 Å². The van der Waals surface area contributed by atoms with E-state index < -0.39 is 10.0 Å². The second kappa shape index (κ2) is 7.33. The van der Waals surface area contributed by atoms with E-state index in [0.29, 0.717) is 50.7 Å². The molecule has 10 nitrogen and oxygen atoms in total. The van der Waals surface area contributed by atoms with E-state index in [0.717, 1.165) is 17.0 Å². The number of rotatable bonds is 4. The molecule has 2 aliphatic rings. The van der Waals surface area contributed by atoms with Crippen molar-refractivity contribution < 1.29 is 13.2 Å². The van der Waals surface area contributed by atoms with Crippen LogP contribution in [0.25, 0.3) is 11.2 Å². The van der Waals surface area contributed by atoms with Gasteiger partial charge in [0.1, 0.15) is 11.2 Å². The smallest absolute Gasteiger partial charge is 0.285 e. The average molecular weight is 427 g/mol. The van der Waals surface area contributed by atoms with Gasteiger partial charge in [0.25, 0.3) is 10.0 Å². The van der Waals surface area contributed by atoms with Gasteiger partial charge in [-0.3, -0.25) is 0 Å². The molecule has 0 saturated carbocycles. The molecule has 0 bridgehead atoms. The van der Waals surface area contributed by atoms with Crippen LogP contribution in [0.5, 0.6) is 0 Å². The molecule has 1 aromatic carbocycles. The Morgan fingerprint density at radius 1 is 1.03 bits per heavy atom. The fourth-order valence-electron chi connectivity index (χ4n) is 3.90. The van der Waals surface area contributed by atoms with Crippen LogP contribution in [0.2, 0.25) is 0 Å². The van der Waals surface area contributed by atoms with Crippen LogP contribution in [-0.4, -0.2) is 78.6 Å². The van der Waals surface area contributed by atoms with Crippen LogP contribution in [0.15, 0.2) is 46.2 Å². The minimum Gasteiger partial charge on any atom is -0.383 e. The zero-order valence-corrected chi connectivity index (χ0v) is 17.3. The van der Waals surface area contributed by atoms with E-state index in [4.69, 9.17) is 4.74 Å². The Morgan fingerprint density at radius 2 is 1.80 bits per heavy atom. The summed E-state index contributed by atoms with van der Waals surface area (Å²) in [7, 11) is -1.95. The summed E-state index contributed by atoms with van der Waals surface area (Å²) in [5.41, 5.74) is 2.21. The molecule has 0 atom stereocenters. The number of hydrogen-bond donors (Lipinski definition) is 0. The van der Waals surface area contributed by atoms with Gasteiger partial charge in [-0.2, -0.15) is 8.42 Å². The number of amidine groups is 1. The van der Waals surface area contributed by atoms with Crippen molar-refractivity contribution >= 4 is 32.8 Å². The second-order valence-electron chi connectivity index (χ2n) is 7.16. The lowest BCUT2D eigenvalue weighted by atomic mass is 10.1. The van der Waals surface area contributed by atoms with E-state index in [1.807, 2.05) is 21.6 Å². The predicted octanol–water partition coefficient (Wildman–Crippen LogP) is 0.744. The number of methoxy groups -OCH3 is 1. The summed E-state index contributed by atoms with van der Waals surface area (Å²) >= 11 is 0. The van der Waals surface area contributed by atoms with E-state index >= 15 is 0 Å². The van der Waals surface area contributed by atoms with Gasteiger partial charge in [-0.25, -0.2) is 15.0 Å². The highest BCUT2D eigenvalue weighted by Crippen LogP contribution is 2.29. The molecule has 1 fully saturated rings. The summed E-state index contributed by atoms with van der Waals surface area (Å²) in [5.74, 6) is 1.32. The third-order valence-electron chi connectivity index (χ3n) is 5.41. The highest BCUT2D eigenvalue weighted by atomic mass is 32.2. The number of benzene rings is 1. The van der Waals surface area contributed by atoms with Crippen molar-refractivity contribution in [2.24, 2.45) is 4.40 Å². The molecule has 30 heavy (non-hydrogen) atoms. The first-order valence-electron chi connectivity index (χ1n) is 9.67. The van der Waals surface area contributed by atoms with Crippen molar-refractivity contribution in [1.29, 1.82) is 0 Å². The van der Waals surface area contributed by atoms with Crippen molar-refractivity contribution in [2.75, 3.05) is 44.8 Å². The van der Waals surface area contributed by atoms with Crippen molar-refractivity contribution in [3.8, 4) is 0 Å². The summed E-state index contributed by atoms with van der Waals surface area (Å²) in [6, 6.07) is 6.97. The zero-order chi connectivity index (χ0) is 20.7. The molecule has 0 N–H and O–H groups in total. The molecule has 1 saturated heterocycles. The fraction of sp³-hybridized carbons (Fsp3) is 0.368. The van der Waals surface area contributed by atoms with Crippen molar-refractivity contribution in [3.05, 3.63) is 42.5 Å². The number of imidazole rings is 1. The monoisotopic (exact) mass is 427 g/mol. The predicted molar refractivity (Wildman–Crippen MR) is 111 cm³/mol. The number of fused-ring (bicyclic) bond motifs is 2. The second-order valence-corrected chi connectivity index (χ2v) is 8.73. The Kier molecular flexibility index (Phi) is 4.63. The molecule has 3 aromatic rings. The average Bonchev–Trinajstić information content (AvgIpc) is 3.31. The largest absolute Gasteiger partial charge is 0.383 e. The van der Waals surface area contributed by atoms with Crippen LogP contribution in [0.3, 0.4) is 0 Å². The first-order valence-corrected chi connectivity index (χ1v) is 11.1. The summed E-state index contributed by atoms with van der Waals surface area (Å²) in [6.07, 6.45) is 3.31. The highest BCUT2D eigenvalue weighted by molar-refractivity contribution is 7.90. The number of piperazine rings is 1. The fourth-order valence-corrected chi connectivity index (χ4v) is 5.13. The Bertz CT molecular complexity index is 1230. The molecule has 11 heteroatoms. The molecule has 0 spiro atoms. The molecule has 0 unspecified atom stereocenters. The maximum atomic E-state index is 12.4. The van der Waals surface area contributed by atoms with Gasteiger partial charge < -0.3 is 19.1 Å². The molecule has 0 radical (unpaired) electrons. The Labute approximate surface area is 173 Å². The first kappa shape index (κ1) is 18.9. The van der Waals surface area contributed by atoms with Crippen LogP contribution in [0.1, 0.15) is 5.56 Å². The Hall–Kier alpha value is -3.05. The van der Waals surface area contributed by atoms with Crippen LogP contribution in [-0.2, 0) is 21.3 Å². The first-order chi connectivity index (χ1) is 14.6. The SMILES string of the molecule is COCCn1cnc2c(N3CCN(C4=NS(=O)(=O)c5ccccc54)CC3)ncnc21. The van der Waals surface area contributed by atoms with Gasteiger partial charge >= 0.3 is 0 Å². The van der Waals surface area contributed by atoms with Gasteiger partial charge in [0, 0.05) is 45.4 Å². The maximum Gasteiger partial charge on any atom is 0.285 e. The number of nitrogens with zero attached hydrogens (tertiary/aromatic N) is 7. The minimum atomic E-state index is -3.61. The Balaban J connectivity index is 1.37. The summed E-state index contributed by atoms with van der Waals surface area (Å²) < 4.78 is 35.8. The summed E-state index contributed by atoms with van der Waals surface area (Å²) in [5, 5.41) is 0. The minimum absolute atomic E-state index is 0.279. The number of hydrogen-bond acceptors (Lipinski definition) is 8. The van der Waals surface area contributed by atoms with Gasteiger partial charge in [0.05, 0.1) is 12.9 Å². The molecule has 156 valence electrons. The van der Waals surface area contributed by atoms with E-state index in [-0.39, 0.29) is 4.90 Å². The lowest BCUT2D eigenvalue weighted by molar-refractivity contribution is 0.188. The lowest BCUT2D eigenvalue weighted by Crippen LogP contribution is -2.49. The lowest BCUT2D eigenvalue weighted by Gasteiger charge is -2.36. The number of aromatic nitrogens is 4. The van der Waals surface area contributed by atoms with Crippen molar-refractivity contribution in [1.82, 2.24) is 24.4 Å². The summed E-state index contributed by atoms with van der Waals surface area (Å²) in [6.45, 7) is 3.88. The van der Waals surface area contributed by atoms with Gasteiger partial charge in [-0.15, -0.1) is 4.40 Å². The van der Waals surface area contributed by atoms with Crippen LogP contribution in [0, 0.1) is 0 Å². The molecule has 2 aliphatic heterocycles. The molecule has 0 aliphatic carbocycles. The molecular weight excluding hydrogens is 406 g/mol. The quantitative estimate of drug-likeness (QED) is 0.600. The summed E-state index contributed by atoms with van der Waals surface area (Å²) in [4.78, 5) is 17.8. The molecule has 4 heterocycles. The Morgan fingerprint density at radius 3 is 2.60 bits per heavy atom. The van der Waals surface area contributed by atoms with E-state index in [2.05, 4.69) is 24.2 Å². The zero-order valence-electron chi connectivity index (χ0n) is 16.5. The number of anilines is 1. The van der Waals surface area contributed by atoms with E-state index in [1.165, 1.54) is 0 Å². The van der Waals surface area contributed by atoms with Crippen LogP contribution < -0.4 is 4.90 Å². The van der Waals surface area contributed by atoms with Crippen molar-refractivity contribution in [2.45, 2.75) is 11.4 Å². The molecular formula is C19H21N7O3S. The normalized spacial score (nSPS) is 18.0. The molecule has 5 rings (SSSR count). The van der Waals surface area contributed by atoms with Gasteiger partial charge in [-0.1, -0.05) is 12.1 Å². The molecule has 0 amide bonds. The number of ether oxygens (including phenoxy) is 1. The van der Waals surface area contributed by atoms with E-state index in [9.17, 15) is 8.42 Å². The highest BCUT2D eigenvalue weighted by Gasteiger charge is 2.33. The standard InChI is InChI=1S/C19H21N7O3S/c1-29-11-10-26-13-22-16-18(20-12-21-19(16)26)25-8-6-24(7-9-25)17-14-4-2-3-5-15(14)30(27,28)23-17/h2-5,12-13H,6-11H2,1H3. The third kappa shape index (κ3) is 3.10. The van der Waals surface area contributed by atoms with Crippen LogP contribution in [0.4, 0.5) is 5.82 Å². The third-order valence-corrected chi connectivity index (χ3v) is 6.73. The molecule has 2 aromatic heterocycles. The van der Waals surface area contributed by atoms with Crippen LogP contribution >= 0.6 is 0 Å². The van der Waals surface area contributed by atoms with Crippen molar-refractivity contribution in [3.63, 3.8) is 0 Å². The van der Waals surface area contributed by atoms with Gasteiger partial charge in [0.2, 0.25) is 0 Å². The number of sulfonamides is 1.